The molecule has 1 unspecified atom stereocenters. The van der Waals surface area contributed by atoms with Crippen molar-refractivity contribution in [3.8, 4) is 11.5 Å². The van der Waals surface area contributed by atoms with Crippen molar-refractivity contribution >= 4 is 21.9 Å². The first-order valence-corrected chi connectivity index (χ1v) is 4.82. The molecule has 0 fully saturated rings. The van der Waals surface area contributed by atoms with Gasteiger partial charge in [-0.2, -0.15) is 0 Å². The van der Waals surface area contributed by atoms with Crippen LogP contribution < -0.4 is 10.5 Å². The third kappa shape index (κ3) is 2.21. The second-order valence-corrected chi connectivity index (χ2v) is 3.68. The van der Waals surface area contributed by atoms with Gasteiger partial charge in [0.2, 0.25) is 0 Å². The lowest BCUT2D eigenvalue weighted by molar-refractivity contribution is -0.138. The Morgan fingerprint density at radius 3 is 2.67 bits per heavy atom. The molecule has 0 saturated heterocycles. The summed E-state index contributed by atoms with van der Waals surface area (Å²) in [7, 11) is 1.37. The van der Waals surface area contributed by atoms with E-state index in [0.29, 0.717) is 4.47 Å². The van der Waals surface area contributed by atoms with Crippen LogP contribution in [0.15, 0.2) is 16.6 Å². The first kappa shape index (κ1) is 11.8. The monoisotopic (exact) mass is 275 g/mol. The van der Waals surface area contributed by atoms with E-state index in [1.165, 1.54) is 13.2 Å². The number of carboxylic acids is 1. The number of aromatic hydroxyl groups is 1. The van der Waals surface area contributed by atoms with Gasteiger partial charge in [-0.1, -0.05) is 0 Å². The Balaban J connectivity index is 3.37. The first-order chi connectivity index (χ1) is 6.99. The Morgan fingerprint density at radius 2 is 2.20 bits per heavy atom. The Morgan fingerprint density at radius 1 is 1.60 bits per heavy atom. The van der Waals surface area contributed by atoms with Crippen molar-refractivity contribution in [1.82, 2.24) is 0 Å². The number of benzene rings is 1. The molecule has 82 valence electrons. The molecule has 0 radical (unpaired) electrons. The molecule has 0 aliphatic heterocycles. The molecular formula is C9H10BrNO4. The number of hydrogen-bond donors (Lipinski definition) is 3. The highest BCUT2D eigenvalue weighted by Gasteiger charge is 2.24. The highest BCUT2D eigenvalue weighted by Crippen LogP contribution is 2.38. The standard InChI is InChI=1S/C9H10BrNO4/c1-15-8-4(10)2-3-5(12)6(8)7(11)9(13)14/h2-3,7,12H,11H2,1H3,(H,13,14). The molecule has 1 aromatic rings. The number of rotatable bonds is 3. The molecule has 0 spiro atoms. The second kappa shape index (κ2) is 4.50. The Hall–Kier alpha value is -1.27. The van der Waals surface area contributed by atoms with Gasteiger partial charge in [-0.15, -0.1) is 0 Å². The number of methoxy groups -OCH3 is 1. The maximum absolute atomic E-state index is 10.7. The van der Waals surface area contributed by atoms with Crippen LogP contribution in [0.5, 0.6) is 11.5 Å². The maximum Gasteiger partial charge on any atom is 0.325 e. The van der Waals surface area contributed by atoms with Crippen molar-refractivity contribution in [2.45, 2.75) is 6.04 Å². The zero-order valence-electron chi connectivity index (χ0n) is 7.90. The summed E-state index contributed by atoms with van der Waals surface area (Å²) in [6.45, 7) is 0. The van der Waals surface area contributed by atoms with Crippen LogP contribution in [0.25, 0.3) is 0 Å². The predicted octanol–water partition coefficient (Wildman–Crippen LogP) is 1.25. The predicted molar refractivity (Wildman–Crippen MR) is 56.9 cm³/mol. The summed E-state index contributed by atoms with van der Waals surface area (Å²) < 4.78 is 5.51. The van der Waals surface area contributed by atoms with E-state index in [4.69, 9.17) is 15.6 Å². The molecule has 4 N–H and O–H groups in total. The van der Waals surface area contributed by atoms with Crippen molar-refractivity contribution in [2.24, 2.45) is 5.73 Å². The van der Waals surface area contributed by atoms with Crippen molar-refractivity contribution in [2.75, 3.05) is 7.11 Å². The molecule has 0 saturated carbocycles. The lowest BCUT2D eigenvalue weighted by atomic mass is 10.1. The fraction of sp³-hybridized carbons (Fsp3) is 0.222. The van der Waals surface area contributed by atoms with Gasteiger partial charge in [0.1, 0.15) is 17.5 Å². The van der Waals surface area contributed by atoms with Crippen LogP contribution in [-0.2, 0) is 4.79 Å². The molecule has 6 heteroatoms. The second-order valence-electron chi connectivity index (χ2n) is 2.83. The first-order valence-electron chi connectivity index (χ1n) is 4.02. The van der Waals surface area contributed by atoms with Gasteiger partial charge >= 0.3 is 5.97 Å². The molecule has 0 amide bonds. The summed E-state index contributed by atoms with van der Waals surface area (Å²) in [6.07, 6.45) is 0. The third-order valence-corrected chi connectivity index (χ3v) is 2.53. The number of phenolic OH excluding ortho intramolecular Hbond substituents is 1. The molecular weight excluding hydrogens is 266 g/mol. The highest BCUT2D eigenvalue weighted by atomic mass is 79.9. The summed E-state index contributed by atoms with van der Waals surface area (Å²) >= 11 is 3.17. The van der Waals surface area contributed by atoms with Gasteiger partial charge in [0.25, 0.3) is 0 Å². The Labute approximate surface area is 94.6 Å². The average Bonchev–Trinajstić information content (AvgIpc) is 2.19. The SMILES string of the molecule is COc1c(Br)ccc(O)c1C(N)C(=O)O. The quantitative estimate of drug-likeness (QED) is 0.772. The van der Waals surface area contributed by atoms with Crippen molar-refractivity contribution in [3.05, 3.63) is 22.2 Å². The minimum Gasteiger partial charge on any atom is -0.507 e. The van der Waals surface area contributed by atoms with Crippen LogP contribution in [0.2, 0.25) is 0 Å². The number of hydrogen-bond acceptors (Lipinski definition) is 4. The Kier molecular flexibility index (Phi) is 3.54. The van der Waals surface area contributed by atoms with Crippen LogP contribution >= 0.6 is 15.9 Å². The summed E-state index contributed by atoms with van der Waals surface area (Å²) in [4.78, 5) is 10.7. The molecule has 0 bridgehead atoms. The van der Waals surface area contributed by atoms with E-state index >= 15 is 0 Å². The largest absolute Gasteiger partial charge is 0.507 e. The zero-order chi connectivity index (χ0) is 11.6. The fourth-order valence-electron chi connectivity index (χ4n) is 1.19. The molecule has 0 heterocycles. The van der Waals surface area contributed by atoms with Gasteiger partial charge in [0, 0.05) is 0 Å². The zero-order valence-corrected chi connectivity index (χ0v) is 9.48. The van der Waals surface area contributed by atoms with Crippen LogP contribution in [-0.4, -0.2) is 23.3 Å². The number of nitrogens with two attached hydrogens (primary N) is 1. The van der Waals surface area contributed by atoms with E-state index in [-0.39, 0.29) is 17.1 Å². The maximum atomic E-state index is 10.7. The third-order valence-electron chi connectivity index (χ3n) is 1.91. The highest BCUT2D eigenvalue weighted by molar-refractivity contribution is 9.10. The topological polar surface area (TPSA) is 92.8 Å². The van der Waals surface area contributed by atoms with Crippen LogP contribution in [0.3, 0.4) is 0 Å². The van der Waals surface area contributed by atoms with E-state index < -0.39 is 12.0 Å². The summed E-state index contributed by atoms with van der Waals surface area (Å²) in [6, 6.07) is 1.58. The summed E-state index contributed by atoms with van der Waals surface area (Å²) in [5.74, 6) is -1.21. The van der Waals surface area contributed by atoms with Gasteiger partial charge < -0.3 is 20.7 Å². The Bertz CT molecular complexity index is 394. The van der Waals surface area contributed by atoms with Gasteiger partial charge in [-0.25, -0.2) is 0 Å². The number of ether oxygens (including phenoxy) is 1. The van der Waals surface area contributed by atoms with Crippen LogP contribution in [0.1, 0.15) is 11.6 Å². The molecule has 1 aromatic carbocycles. The van der Waals surface area contributed by atoms with Gasteiger partial charge in [-0.3, -0.25) is 4.79 Å². The van der Waals surface area contributed by atoms with Crippen molar-refractivity contribution < 1.29 is 19.7 Å². The molecule has 5 nitrogen and oxygen atoms in total. The minimum absolute atomic E-state index is 0.0550. The van der Waals surface area contributed by atoms with E-state index in [9.17, 15) is 9.90 Å². The number of carbonyl (C=O) groups is 1. The fourth-order valence-corrected chi connectivity index (χ4v) is 1.70. The molecule has 0 aliphatic rings. The van der Waals surface area contributed by atoms with E-state index in [0.717, 1.165) is 0 Å². The number of halogens is 1. The number of carboxylic acid groups (broad SMARTS) is 1. The van der Waals surface area contributed by atoms with E-state index in [2.05, 4.69) is 15.9 Å². The van der Waals surface area contributed by atoms with E-state index in [1.807, 2.05) is 0 Å². The molecule has 15 heavy (non-hydrogen) atoms. The summed E-state index contributed by atoms with van der Waals surface area (Å²) in [5.41, 5.74) is 5.48. The molecule has 0 aliphatic carbocycles. The average molecular weight is 276 g/mol. The smallest absolute Gasteiger partial charge is 0.325 e. The minimum atomic E-state index is -1.32. The van der Waals surface area contributed by atoms with E-state index in [1.54, 1.807) is 6.07 Å². The van der Waals surface area contributed by atoms with Gasteiger partial charge in [0.15, 0.2) is 0 Å². The number of phenols is 1. The lowest BCUT2D eigenvalue weighted by Crippen LogP contribution is -2.21. The normalized spacial score (nSPS) is 12.2. The molecule has 0 aromatic heterocycles. The lowest BCUT2D eigenvalue weighted by Gasteiger charge is -2.14. The van der Waals surface area contributed by atoms with Crippen LogP contribution in [0, 0.1) is 0 Å². The number of aliphatic carboxylic acids is 1. The van der Waals surface area contributed by atoms with Crippen molar-refractivity contribution in [1.29, 1.82) is 0 Å². The summed E-state index contributed by atoms with van der Waals surface area (Å²) in [5, 5.41) is 18.3. The van der Waals surface area contributed by atoms with Gasteiger partial charge in [0.05, 0.1) is 17.1 Å². The molecule has 1 rings (SSSR count). The van der Waals surface area contributed by atoms with Crippen LogP contribution in [0.4, 0.5) is 0 Å². The molecule has 1 atom stereocenters. The van der Waals surface area contributed by atoms with Crippen molar-refractivity contribution in [3.63, 3.8) is 0 Å². The van der Waals surface area contributed by atoms with Gasteiger partial charge in [-0.05, 0) is 28.1 Å².